The van der Waals surface area contributed by atoms with Gasteiger partial charge >= 0.3 is 0 Å². The molecular weight excluding hydrogens is 372 g/mol. The Hall–Kier alpha value is -2.59. The summed E-state index contributed by atoms with van der Waals surface area (Å²) in [5.74, 6) is 1.36. The van der Waals surface area contributed by atoms with Gasteiger partial charge in [0, 0.05) is 22.8 Å². The van der Waals surface area contributed by atoms with Crippen molar-refractivity contribution in [2.24, 2.45) is 5.92 Å². The zero-order chi connectivity index (χ0) is 19.7. The second-order valence-electron chi connectivity index (χ2n) is 7.43. The molecule has 0 radical (unpaired) electrons. The molecular formula is C23H23ClN2O2. The fraction of sp³-hybridized carbons (Fsp3) is 0.304. The number of fused-ring (bicyclic) bond motifs is 1. The molecule has 1 saturated carbocycles. The van der Waals surface area contributed by atoms with Crippen LogP contribution in [0, 0.1) is 12.8 Å². The zero-order valence-electron chi connectivity index (χ0n) is 16.0. The summed E-state index contributed by atoms with van der Waals surface area (Å²) in [7, 11) is 0. The number of carbonyl (C=O) groups excluding carboxylic acids is 1. The van der Waals surface area contributed by atoms with Crippen LogP contribution < -0.4 is 10.1 Å². The van der Waals surface area contributed by atoms with Gasteiger partial charge in [-0.15, -0.1) is 11.6 Å². The van der Waals surface area contributed by atoms with E-state index in [1.54, 1.807) is 18.3 Å². The molecule has 1 aliphatic rings. The third-order valence-electron chi connectivity index (χ3n) is 5.13. The summed E-state index contributed by atoms with van der Waals surface area (Å²) in [5, 5.41) is 3.91. The van der Waals surface area contributed by atoms with Crippen molar-refractivity contribution in [2.45, 2.75) is 32.1 Å². The maximum Gasteiger partial charge on any atom is 0.255 e. The standard InChI is InChI=1S/C23H23ClN2O2/c1-14-21(10-7-18-11-19(15(2)24)12-25-22(14)18)26-23(27)17-5-8-20(9-6-17)28-13-16-3-4-16/h5-12,15-16H,3-4,13H2,1-2H3,(H,26,27). The quantitative estimate of drug-likeness (QED) is 0.531. The van der Waals surface area contributed by atoms with Crippen LogP contribution in [-0.2, 0) is 0 Å². The minimum atomic E-state index is -0.151. The number of halogens is 1. The van der Waals surface area contributed by atoms with E-state index in [-0.39, 0.29) is 11.3 Å². The first-order valence-electron chi connectivity index (χ1n) is 9.59. The highest BCUT2D eigenvalue weighted by Gasteiger charge is 2.21. The van der Waals surface area contributed by atoms with Crippen LogP contribution in [0.2, 0.25) is 0 Å². The maximum atomic E-state index is 12.6. The van der Waals surface area contributed by atoms with E-state index in [0.717, 1.165) is 40.1 Å². The summed E-state index contributed by atoms with van der Waals surface area (Å²) < 4.78 is 5.73. The summed E-state index contributed by atoms with van der Waals surface area (Å²) in [6, 6.07) is 13.2. The predicted molar refractivity (Wildman–Crippen MR) is 113 cm³/mol. The molecule has 3 aromatic rings. The van der Waals surface area contributed by atoms with E-state index in [1.807, 2.05) is 44.2 Å². The van der Waals surface area contributed by atoms with E-state index >= 15 is 0 Å². The van der Waals surface area contributed by atoms with Gasteiger partial charge in [0.15, 0.2) is 0 Å². The monoisotopic (exact) mass is 394 g/mol. The Bertz CT molecular complexity index is 1010. The van der Waals surface area contributed by atoms with Crippen molar-refractivity contribution in [2.75, 3.05) is 11.9 Å². The van der Waals surface area contributed by atoms with E-state index in [1.165, 1.54) is 12.8 Å². The number of rotatable bonds is 6. The molecule has 0 saturated heterocycles. The number of ether oxygens (including phenoxy) is 1. The molecule has 5 heteroatoms. The van der Waals surface area contributed by atoms with Crippen LogP contribution in [0.1, 0.15) is 46.6 Å². The Morgan fingerprint density at radius 1 is 1.25 bits per heavy atom. The summed E-state index contributed by atoms with van der Waals surface area (Å²) >= 11 is 6.15. The molecule has 2 aromatic carbocycles. The first-order valence-corrected chi connectivity index (χ1v) is 10.0. The molecule has 1 atom stereocenters. The SMILES string of the molecule is Cc1c(NC(=O)c2ccc(OCC3CC3)cc2)ccc2cc(C(C)Cl)cnc12. The number of benzene rings is 2. The molecule has 1 fully saturated rings. The number of amides is 1. The topological polar surface area (TPSA) is 51.2 Å². The highest BCUT2D eigenvalue weighted by atomic mass is 35.5. The van der Waals surface area contributed by atoms with Gasteiger partial charge in [-0.05, 0) is 80.1 Å². The average molecular weight is 395 g/mol. The summed E-state index contributed by atoms with van der Waals surface area (Å²) in [6.45, 7) is 4.65. The largest absolute Gasteiger partial charge is 0.493 e. The zero-order valence-corrected chi connectivity index (χ0v) is 16.8. The minimum absolute atomic E-state index is 0.0900. The predicted octanol–water partition coefficient (Wildman–Crippen LogP) is 5.88. The summed E-state index contributed by atoms with van der Waals surface area (Å²) in [4.78, 5) is 17.2. The second-order valence-corrected chi connectivity index (χ2v) is 8.08. The first-order chi connectivity index (χ1) is 13.5. The van der Waals surface area contributed by atoms with Crippen molar-refractivity contribution in [3.05, 3.63) is 65.4 Å². The molecule has 144 valence electrons. The van der Waals surface area contributed by atoms with Crippen molar-refractivity contribution < 1.29 is 9.53 Å². The molecule has 0 spiro atoms. The number of nitrogens with zero attached hydrogens (tertiary/aromatic N) is 1. The number of aryl methyl sites for hydroxylation is 1. The summed E-state index contributed by atoms with van der Waals surface area (Å²) in [5.41, 5.74) is 4.13. The second kappa shape index (κ2) is 7.80. The van der Waals surface area contributed by atoms with Gasteiger partial charge in [-0.2, -0.15) is 0 Å². The minimum Gasteiger partial charge on any atom is -0.493 e. The van der Waals surface area contributed by atoms with Gasteiger partial charge in [-0.3, -0.25) is 9.78 Å². The van der Waals surface area contributed by atoms with Crippen LogP contribution in [0.4, 0.5) is 5.69 Å². The van der Waals surface area contributed by atoms with Crippen LogP contribution >= 0.6 is 11.6 Å². The van der Waals surface area contributed by atoms with Crippen molar-refractivity contribution in [3.63, 3.8) is 0 Å². The van der Waals surface area contributed by atoms with Crippen molar-refractivity contribution in [1.82, 2.24) is 4.98 Å². The lowest BCUT2D eigenvalue weighted by Gasteiger charge is -2.12. The smallest absolute Gasteiger partial charge is 0.255 e. The van der Waals surface area contributed by atoms with Gasteiger partial charge in [0.05, 0.1) is 17.5 Å². The van der Waals surface area contributed by atoms with E-state index < -0.39 is 0 Å². The van der Waals surface area contributed by atoms with Gasteiger partial charge in [0.1, 0.15) is 5.75 Å². The lowest BCUT2D eigenvalue weighted by Crippen LogP contribution is -2.13. The molecule has 1 amide bonds. The molecule has 0 aliphatic heterocycles. The van der Waals surface area contributed by atoms with Gasteiger partial charge < -0.3 is 10.1 Å². The van der Waals surface area contributed by atoms with Crippen molar-refractivity contribution >= 4 is 34.1 Å². The molecule has 1 aliphatic carbocycles. The molecule has 1 heterocycles. The van der Waals surface area contributed by atoms with Crippen LogP contribution in [-0.4, -0.2) is 17.5 Å². The number of pyridine rings is 1. The Balaban J connectivity index is 1.49. The first kappa shape index (κ1) is 18.8. The number of aromatic nitrogens is 1. The molecule has 1 N–H and O–H groups in total. The molecule has 1 aromatic heterocycles. The summed E-state index contributed by atoms with van der Waals surface area (Å²) in [6.07, 6.45) is 4.30. The van der Waals surface area contributed by atoms with E-state index in [2.05, 4.69) is 10.3 Å². The lowest BCUT2D eigenvalue weighted by molar-refractivity contribution is 0.102. The molecule has 4 rings (SSSR count). The van der Waals surface area contributed by atoms with Crippen LogP contribution in [0.3, 0.4) is 0 Å². The number of nitrogens with one attached hydrogen (secondary N) is 1. The number of anilines is 1. The number of hydrogen-bond donors (Lipinski definition) is 1. The lowest BCUT2D eigenvalue weighted by atomic mass is 10.1. The fourth-order valence-corrected chi connectivity index (χ4v) is 3.23. The fourth-order valence-electron chi connectivity index (χ4n) is 3.11. The van der Waals surface area contributed by atoms with Crippen molar-refractivity contribution in [1.29, 1.82) is 0 Å². The highest BCUT2D eigenvalue weighted by molar-refractivity contribution is 6.20. The van der Waals surface area contributed by atoms with E-state index in [4.69, 9.17) is 16.3 Å². The third-order valence-corrected chi connectivity index (χ3v) is 5.39. The molecule has 4 nitrogen and oxygen atoms in total. The van der Waals surface area contributed by atoms with Crippen LogP contribution in [0.5, 0.6) is 5.75 Å². The number of hydrogen-bond acceptors (Lipinski definition) is 3. The average Bonchev–Trinajstić information content (AvgIpc) is 3.53. The Morgan fingerprint density at radius 2 is 2.00 bits per heavy atom. The van der Waals surface area contributed by atoms with E-state index in [0.29, 0.717) is 11.5 Å². The third kappa shape index (κ3) is 4.12. The number of alkyl halides is 1. The van der Waals surface area contributed by atoms with E-state index in [9.17, 15) is 4.79 Å². The Kier molecular flexibility index (Phi) is 5.23. The van der Waals surface area contributed by atoms with Crippen molar-refractivity contribution in [3.8, 4) is 5.75 Å². The van der Waals surface area contributed by atoms with Crippen LogP contribution in [0.25, 0.3) is 10.9 Å². The Labute approximate surface area is 169 Å². The van der Waals surface area contributed by atoms with Gasteiger partial charge in [0.25, 0.3) is 5.91 Å². The van der Waals surface area contributed by atoms with Gasteiger partial charge in [0.2, 0.25) is 0 Å². The molecule has 1 unspecified atom stereocenters. The number of carbonyl (C=O) groups is 1. The van der Waals surface area contributed by atoms with Crippen LogP contribution in [0.15, 0.2) is 48.7 Å². The highest BCUT2D eigenvalue weighted by Crippen LogP contribution is 2.30. The normalized spacial score (nSPS) is 14.7. The molecule has 0 bridgehead atoms. The maximum absolute atomic E-state index is 12.6. The Morgan fingerprint density at radius 3 is 2.68 bits per heavy atom. The van der Waals surface area contributed by atoms with Gasteiger partial charge in [-0.1, -0.05) is 6.07 Å². The van der Waals surface area contributed by atoms with Gasteiger partial charge in [-0.25, -0.2) is 0 Å². The molecule has 28 heavy (non-hydrogen) atoms.